The Bertz CT molecular complexity index is 998. The summed E-state index contributed by atoms with van der Waals surface area (Å²) in [7, 11) is -2.87. The van der Waals surface area contributed by atoms with Crippen LogP contribution in [0.1, 0.15) is 24.1 Å². The third-order valence-electron chi connectivity index (χ3n) is 5.42. The van der Waals surface area contributed by atoms with Crippen molar-refractivity contribution in [2.45, 2.75) is 24.3 Å². The molecule has 0 bridgehead atoms. The summed E-state index contributed by atoms with van der Waals surface area (Å²) < 4.78 is 49.0. The molecule has 2 aliphatic heterocycles. The molecule has 0 amide bonds. The van der Waals surface area contributed by atoms with Crippen LogP contribution in [0.4, 0.5) is 14.6 Å². The second kappa shape index (κ2) is 8.39. The number of aliphatic hydroxyl groups is 1. The predicted molar refractivity (Wildman–Crippen MR) is 114 cm³/mol. The fourth-order valence-corrected chi connectivity index (χ4v) is 5.61. The molecule has 3 heterocycles. The molecule has 4 rings (SSSR count). The summed E-state index contributed by atoms with van der Waals surface area (Å²) in [5.41, 5.74) is 0.982. The van der Waals surface area contributed by atoms with Gasteiger partial charge in [-0.05, 0) is 30.9 Å². The summed E-state index contributed by atoms with van der Waals surface area (Å²) in [6, 6.07) is 1.84. The van der Waals surface area contributed by atoms with Gasteiger partial charge in [0.25, 0.3) is 0 Å². The van der Waals surface area contributed by atoms with Crippen LogP contribution in [0.5, 0.6) is 0 Å². The van der Waals surface area contributed by atoms with Crippen LogP contribution in [0.2, 0.25) is 5.02 Å². The Balaban J connectivity index is 1.72. The molecule has 3 N–H and O–H groups in total. The molecular formula is C20H22ClF2N3O3S. The van der Waals surface area contributed by atoms with E-state index in [1.54, 1.807) is 6.08 Å². The van der Waals surface area contributed by atoms with Gasteiger partial charge in [-0.1, -0.05) is 23.8 Å². The molecule has 0 saturated carbocycles. The first-order valence-corrected chi connectivity index (χ1v) is 11.8. The minimum absolute atomic E-state index is 0.00350. The molecule has 10 heteroatoms. The number of piperidine rings is 1. The van der Waals surface area contributed by atoms with Crippen molar-refractivity contribution in [3.05, 3.63) is 52.2 Å². The SMILES string of the molecule is OC/C=C\C1CCN(c2nc(-c3cc(F)c(Cl)cc3F)nc3c2CS(O)(O)C3)CC1. The van der Waals surface area contributed by atoms with Crippen LogP contribution in [0.15, 0.2) is 24.3 Å². The Hall–Kier alpha value is -1.78. The predicted octanol–water partition coefficient (Wildman–Crippen LogP) is 4.60. The van der Waals surface area contributed by atoms with Crippen LogP contribution >= 0.6 is 22.2 Å². The second-order valence-electron chi connectivity index (χ2n) is 7.57. The summed E-state index contributed by atoms with van der Waals surface area (Å²) in [4.78, 5) is 10.9. The molecule has 162 valence electrons. The molecule has 30 heavy (non-hydrogen) atoms. The van der Waals surface area contributed by atoms with Crippen LogP contribution in [-0.4, -0.2) is 43.9 Å². The van der Waals surface area contributed by atoms with Gasteiger partial charge in [0, 0.05) is 18.7 Å². The number of hydrogen-bond acceptors (Lipinski definition) is 6. The third-order valence-corrected chi connectivity index (χ3v) is 7.19. The molecule has 1 saturated heterocycles. The maximum Gasteiger partial charge on any atom is 0.164 e. The highest BCUT2D eigenvalue weighted by Gasteiger charge is 2.33. The Labute approximate surface area is 179 Å². The van der Waals surface area contributed by atoms with Crippen LogP contribution in [0.3, 0.4) is 0 Å². The number of halogens is 3. The molecule has 1 aromatic heterocycles. The highest BCUT2D eigenvalue weighted by atomic mass is 35.5. The summed E-state index contributed by atoms with van der Waals surface area (Å²) in [6.45, 7) is 1.34. The van der Waals surface area contributed by atoms with E-state index in [4.69, 9.17) is 16.7 Å². The number of aromatic nitrogens is 2. The number of rotatable bonds is 4. The van der Waals surface area contributed by atoms with Crippen molar-refractivity contribution in [3.63, 3.8) is 0 Å². The summed E-state index contributed by atoms with van der Waals surface area (Å²) in [5, 5.41) is 8.63. The van der Waals surface area contributed by atoms with Gasteiger partial charge in [0.05, 0.1) is 34.4 Å². The molecule has 0 aliphatic carbocycles. The number of fused-ring (bicyclic) bond motifs is 1. The maximum absolute atomic E-state index is 14.5. The van der Waals surface area contributed by atoms with Gasteiger partial charge in [0.1, 0.15) is 17.5 Å². The normalized spacial score (nSPS) is 20.0. The Morgan fingerprint density at radius 3 is 2.57 bits per heavy atom. The highest BCUT2D eigenvalue weighted by Crippen LogP contribution is 2.54. The fraction of sp³-hybridized carbons (Fsp3) is 0.400. The third kappa shape index (κ3) is 4.31. The molecular weight excluding hydrogens is 436 g/mol. The maximum atomic E-state index is 14.5. The van der Waals surface area contributed by atoms with E-state index < -0.39 is 22.2 Å². The van der Waals surface area contributed by atoms with E-state index in [2.05, 4.69) is 9.97 Å². The Kier molecular flexibility index (Phi) is 6.00. The average Bonchev–Trinajstić information content (AvgIpc) is 3.02. The van der Waals surface area contributed by atoms with Crippen LogP contribution < -0.4 is 4.90 Å². The number of hydrogen-bond donors (Lipinski definition) is 3. The molecule has 0 unspecified atom stereocenters. The quantitative estimate of drug-likeness (QED) is 0.459. The fourth-order valence-electron chi connectivity index (χ4n) is 3.92. The van der Waals surface area contributed by atoms with Crippen molar-refractivity contribution in [3.8, 4) is 11.4 Å². The van der Waals surface area contributed by atoms with Crippen LogP contribution in [-0.2, 0) is 11.5 Å². The van der Waals surface area contributed by atoms with Gasteiger partial charge in [0.2, 0.25) is 0 Å². The van der Waals surface area contributed by atoms with E-state index in [0.29, 0.717) is 36.1 Å². The first-order valence-electron chi connectivity index (χ1n) is 9.58. The van der Waals surface area contributed by atoms with Crippen LogP contribution in [0.25, 0.3) is 11.4 Å². The average molecular weight is 458 g/mol. The lowest BCUT2D eigenvalue weighted by Crippen LogP contribution is -2.34. The van der Waals surface area contributed by atoms with Crippen molar-refractivity contribution in [1.82, 2.24) is 9.97 Å². The lowest BCUT2D eigenvalue weighted by atomic mass is 9.96. The summed E-state index contributed by atoms with van der Waals surface area (Å²) >= 11 is 5.66. The van der Waals surface area contributed by atoms with E-state index in [1.807, 2.05) is 11.0 Å². The number of aliphatic hydroxyl groups excluding tert-OH is 1. The van der Waals surface area contributed by atoms with E-state index >= 15 is 0 Å². The molecule has 0 atom stereocenters. The first kappa shape index (κ1) is 21.5. The van der Waals surface area contributed by atoms with E-state index in [9.17, 15) is 17.9 Å². The molecule has 0 radical (unpaired) electrons. The zero-order chi connectivity index (χ0) is 21.5. The molecule has 6 nitrogen and oxygen atoms in total. The second-order valence-corrected chi connectivity index (χ2v) is 10.2. The first-order chi connectivity index (χ1) is 14.3. The zero-order valence-electron chi connectivity index (χ0n) is 16.1. The molecule has 1 aromatic carbocycles. The van der Waals surface area contributed by atoms with Crippen molar-refractivity contribution >= 4 is 28.0 Å². The molecule has 0 spiro atoms. The monoisotopic (exact) mass is 457 g/mol. The summed E-state index contributed by atoms with van der Waals surface area (Å²) in [5.74, 6) is -0.629. The zero-order valence-corrected chi connectivity index (χ0v) is 17.6. The lowest BCUT2D eigenvalue weighted by Gasteiger charge is -2.33. The molecule has 2 aromatic rings. The highest BCUT2D eigenvalue weighted by molar-refractivity contribution is 8.23. The van der Waals surface area contributed by atoms with E-state index in [1.165, 1.54) is 0 Å². The van der Waals surface area contributed by atoms with Gasteiger partial charge < -0.3 is 10.0 Å². The standard InChI is InChI=1S/C20H22ClF2N3O3S/c21-15-9-16(22)13(8-17(15)23)19-24-18-11-30(28,29)10-14(18)20(25-19)26-5-3-12(4-6-26)2-1-7-27/h1-2,8-9,12,27-29H,3-7,10-11H2/b2-1-. The Morgan fingerprint density at radius 2 is 1.87 bits per heavy atom. The Morgan fingerprint density at radius 1 is 1.13 bits per heavy atom. The number of benzene rings is 1. The number of anilines is 1. The van der Waals surface area contributed by atoms with Gasteiger partial charge in [-0.15, -0.1) is 0 Å². The van der Waals surface area contributed by atoms with Crippen molar-refractivity contribution in [1.29, 1.82) is 0 Å². The van der Waals surface area contributed by atoms with Gasteiger partial charge in [-0.25, -0.2) is 18.7 Å². The van der Waals surface area contributed by atoms with Crippen LogP contribution in [0, 0.1) is 17.6 Å². The molecule has 2 aliphatic rings. The summed E-state index contributed by atoms with van der Waals surface area (Å²) in [6.07, 6.45) is 5.40. The minimum atomic E-state index is -2.87. The van der Waals surface area contributed by atoms with Crippen molar-refractivity contribution in [2.24, 2.45) is 5.92 Å². The van der Waals surface area contributed by atoms with E-state index in [0.717, 1.165) is 25.0 Å². The largest absolute Gasteiger partial charge is 0.392 e. The number of nitrogens with zero attached hydrogens (tertiary/aromatic N) is 3. The van der Waals surface area contributed by atoms with Gasteiger partial charge in [-0.3, -0.25) is 9.11 Å². The minimum Gasteiger partial charge on any atom is -0.392 e. The van der Waals surface area contributed by atoms with E-state index in [-0.39, 0.29) is 34.5 Å². The van der Waals surface area contributed by atoms with Gasteiger partial charge in [-0.2, -0.15) is 10.6 Å². The van der Waals surface area contributed by atoms with Crippen molar-refractivity contribution in [2.75, 3.05) is 24.6 Å². The number of allylic oxidation sites excluding steroid dienone is 1. The lowest BCUT2D eigenvalue weighted by molar-refractivity contribution is 0.340. The van der Waals surface area contributed by atoms with Crippen molar-refractivity contribution < 1.29 is 23.0 Å². The molecule has 1 fully saturated rings. The van der Waals surface area contributed by atoms with Gasteiger partial charge >= 0.3 is 0 Å². The topological polar surface area (TPSA) is 89.7 Å². The van der Waals surface area contributed by atoms with Gasteiger partial charge in [0.15, 0.2) is 5.82 Å². The smallest absolute Gasteiger partial charge is 0.164 e.